The smallest absolute Gasteiger partial charge is 0.309 e. The lowest BCUT2D eigenvalue weighted by molar-refractivity contribution is -0.136. The maximum Gasteiger partial charge on any atom is 0.309 e. The van der Waals surface area contributed by atoms with Gasteiger partial charge in [0.2, 0.25) is 0 Å². The second-order valence-electron chi connectivity index (χ2n) is 4.02. The lowest BCUT2D eigenvalue weighted by Crippen LogP contribution is -2.00. The Labute approximate surface area is 103 Å². The first-order valence-electron chi connectivity index (χ1n) is 5.50. The van der Waals surface area contributed by atoms with Crippen molar-refractivity contribution < 1.29 is 9.90 Å². The maximum absolute atomic E-state index is 10.5. The number of carboxylic acids is 1. The van der Waals surface area contributed by atoms with Crippen molar-refractivity contribution >= 4 is 29.1 Å². The zero-order valence-electron chi connectivity index (χ0n) is 9.02. The molecule has 1 saturated carbocycles. The number of hydrogen-bond acceptors (Lipinski definition) is 4. The molecule has 1 heterocycles. The second-order valence-corrected chi connectivity index (χ2v) is 6.25. The number of aliphatic carboxylic acids is 1. The summed E-state index contributed by atoms with van der Waals surface area (Å²) >= 11 is 3.55. The molecule has 5 heteroatoms. The van der Waals surface area contributed by atoms with E-state index in [2.05, 4.69) is 4.98 Å². The Kier molecular flexibility index (Phi) is 4.23. The Balaban J connectivity index is 1.80. The highest BCUT2D eigenvalue weighted by molar-refractivity contribution is 7.99. The fourth-order valence-electron chi connectivity index (χ4n) is 1.90. The van der Waals surface area contributed by atoms with Crippen molar-refractivity contribution in [3.8, 4) is 0 Å². The summed E-state index contributed by atoms with van der Waals surface area (Å²) in [6.45, 7) is 0. The van der Waals surface area contributed by atoms with Crippen LogP contribution >= 0.6 is 23.1 Å². The zero-order valence-corrected chi connectivity index (χ0v) is 10.6. The van der Waals surface area contributed by atoms with Crippen LogP contribution in [0, 0.1) is 0 Å². The van der Waals surface area contributed by atoms with Gasteiger partial charge in [-0.05, 0) is 12.8 Å². The molecule has 0 atom stereocenters. The Morgan fingerprint density at radius 2 is 2.31 bits per heavy atom. The monoisotopic (exact) mass is 257 g/mol. The summed E-state index contributed by atoms with van der Waals surface area (Å²) in [5.74, 6) is 0.134. The van der Waals surface area contributed by atoms with E-state index in [0.29, 0.717) is 5.69 Å². The van der Waals surface area contributed by atoms with Crippen LogP contribution in [-0.2, 0) is 17.0 Å². The number of aromatic nitrogens is 1. The first-order chi connectivity index (χ1) is 7.74. The van der Waals surface area contributed by atoms with Crippen LogP contribution in [0.4, 0.5) is 0 Å². The third-order valence-corrected chi connectivity index (χ3v) is 5.14. The summed E-state index contributed by atoms with van der Waals surface area (Å²) in [4.78, 5) is 14.8. The van der Waals surface area contributed by atoms with E-state index in [9.17, 15) is 4.79 Å². The van der Waals surface area contributed by atoms with Gasteiger partial charge in [-0.1, -0.05) is 12.8 Å². The predicted octanol–water partition coefficient (Wildman–Crippen LogP) is 2.95. The molecule has 1 fully saturated rings. The molecular formula is C11H15NO2S2. The van der Waals surface area contributed by atoms with Crippen molar-refractivity contribution in [3.05, 3.63) is 16.1 Å². The van der Waals surface area contributed by atoms with Crippen LogP contribution in [0.1, 0.15) is 36.4 Å². The molecule has 2 rings (SSSR count). The Morgan fingerprint density at radius 3 is 3.00 bits per heavy atom. The largest absolute Gasteiger partial charge is 0.481 e. The van der Waals surface area contributed by atoms with Gasteiger partial charge in [0.25, 0.3) is 0 Å². The molecule has 88 valence electrons. The van der Waals surface area contributed by atoms with Crippen LogP contribution < -0.4 is 0 Å². The number of thiazole rings is 1. The Bertz CT molecular complexity index is 359. The topological polar surface area (TPSA) is 50.2 Å². The van der Waals surface area contributed by atoms with Gasteiger partial charge in [0.1, 0.15) is 5.01 Å². The molecule has 0 saturated heterocycles. The van der Waals surface area contributed by atoms with Gasteiger partial charge in [-0.2, -0.15) is 11.8 Å². The second kappa shape index (κ2) is 5.68. The molecule has 16 heavy (non-hydrogen) atoms. The van der Waals surface area contributed by atoms with Crippen molar-refractivity contribution in [2.45, 2.75) is 43.1 Å². The molecule has 1 aromatic rings. The molecule has 1 aliphatic rings. The zero-order chi connectivity index (χ0) is 11.4. The highest BCUT2D eigenvalue weighted by atomic mass is 32.2. The van der Waals surface area contributed by atoms with E-state index in [-0.39, 0.29) is 6.42 Å². The highest BCUT2D eigenvalue weighted by Gasteiger charge is 2.16. The molecular weight excluding hydrogens is 242 g/mol. The van der Waals surface area contributed by atoms with Gasteiger partial charge in [0.15, 0.2) is 0 Å². The number of hydrogen-bond donors (Lipinski definition) is 1. The molecule has 0 amide bonds. The van der Waals surface area contributed by atoms with Gasteiger partial charge in [0.05, 0.1) is 12.1 Å². The van der Waals surface area contributed by atoms with Gasteiger partial charge >= 0.3 is 5.97 Å². The quantitative estimate of drug-likeness (QED) is 0.881. The molecule has 0 radical (unpaired) electrons. The van der Waals surface area contributed by atoms with E-state index < -0.39 is 5.97 Å². The molecule has 0 bridgehead atoms. The normalized spacial score (nSPS) is 16.8. The maximum atomic E-state index is 10.5. The fourth-order valence-corrected chi connectivity index (χ4v) is 4.06. The Morgan fingerprint density at radius 1 is 1.56 bits per heavy atom. The number of nitrogens with zero attached hydrogens (tertiary/aromatic N) is 1. The lowest BCUT2D eigenvalue weighted by atomic mass is 10.3. The molecule has 1 N–H and O–H groups in total. The predicted molar refractivity (Wildman–Crippen MR) is 67.0 cm³/mol. The molecule has 0 spiro atoms. The van der Waals surface area contributed by atoms with Crippen LogP contribution in [0.15, 0.2) is 5.38 Å². The minimum absolute atomic E-state index is 0.0462. The first kappa shape index (κ1) is 11.9. The molecule has 0 aliphatic heterocycles. The van der Waals surface area contributed by atoms with E-state index >= 15 is 0 Å². The van der Waals surface area contributed by atoms with E-state index in [1.807, 2.05) is 17.1 Å². The number of carbonyl (C=O) groups is 1. The van der Waals surface area contributed by atoms with Crippen LogP contribution in [0.3, 0.4) is 0 Å². The van der Waals surface area contributed by atoms with Crippen molar-refractivity contribution in [2.24, 2.45) is 0 Å². The van der Waals surface area contributed by atoms with Crippen molar-refractivity contribution in [2.75, 3.05) is 0 Å². The van der Waals surface area contributed by atoms with Gasteiger partial charge in [-0.15, -0.1) is 11.3 Å². The summed E-state index contributed by atoms with van der Waals surface area (Å²) in [5.41, 5.74) is 0.694. The average Bonchev–Trinajstić information content (AvgIpc) is 2.84. The summed E-state index contributed by atoms with van der Waals surface area (Å²) in [6, 6.07) is 0. The van der Waals surface area contributed by atoms with Crippen LogP contribution in [0.25, 0.3) is 0 Å². The highest BCUT2D eigenvalue weighted by Crippen LogP contribution is 2.32. The molecule has 0 aromatic carbocycles. The van der Waals surface area contributed by atoms with Crippen molar-refractivity contribution in [1.29, 1.82) is 0 Å². The van der Waals surface area contributed by atoms with E-state index in [4.69, 9.17) is 5.11 Å². The van der Waals surface area contributed by atoms with E-state index in [1.54, 1.807) is 11.3 Å². The summed E-state index contributed by atoms with van der Waals surface area (Å²) in [6.07, 6.45) is 5.43. The van der Waals surface area contributed by atoms with Crippen LogP contribution in [0.5, 0.6) is 0 Å². The van der Waals surface area contributed by atoms with E-state index in [0.717, 1.165) is 16.0 Å². The van der Waals surface area contributed by atoms with E-state index in [1.165, 1.54) is 25.7 Å². The molecule has 1 aliphatic carbocycles. The summed E-state index contributed by atoms with van der Waals surface area (Å²) in [5, 5.41) is 12.4. The third-order valence-electron chi connectivity index (χ3n) is 2.68. The minimum Gasteiger partial charge on any atom is -0.481 e. The van der Waals surface area contributed by atoms with Crippen molar-refractivity contribution in [1.82, 2.24) is 4.98 Å². The van der Waals surface area contributed by atoms with Gasteiger partial charge < -0.3 is 5.11 Å². The van der Waals surface area contributed by atoms with Crippen LogP contribution in [0.2, 0.25) is 0 Å². The lowest BCUT2D eigenvalue weighted by Gasteiger charge is -2.05. The van der Waals surface area contributed by atoms with Crippen molar-refractivity contribution in [3.63, 3.8) is 0 Å². The van der Waals surface area contributed by atoms with Gasteiger partial charge in [-0.25, -0.2) is 4.98 Å². The molecule has 3 nitrogen and oxygen atoms in total. The summed E-state index contributed by atoms with van der Waals surface area (Å²) in [7, 11) is 0. The first-order valence-corrected chi connectivity index (χ1v) is 7.43. The number of carboxylic acid groups (broad SMARTS) is 1. The molecule has 1 aromatic heterocycles. The van der Waals surface area contributed by atoms with Crippen LogP contribution in [-0.4, -0.2) is 21.3 Å². The number of thioether (sulfide) groups is 1. The number of rotatable bonds is 5. The molecule has 0 unspecified atom stereocenters. The SMILES string of the molecule is O=C(O)Cc1csc(CSC2CCCC2)n1. The van der Waals surface area contributed by atoms with Gasteiger partial charge in [-0.3, -0.25) is 4.79 Å². The Hall–Kier alpha value is -0.550. The fraction of sp³-hybridized carbons (Fsp3) is 0.636. The third kappa shape index (κ3) is 3.49. The van der Waals surface area contributed by atoms with Gasteiger partial charge in [0, 0.05) is 16.4 Å². The average molecular weight is 257 g/mol. The summed E-state index contributed by atoms with van der Waals surface area (Å²) < 4.78 is 0. The standard InChI is InChI=1S/C11H15NO2S2/c13-11(14)5-8-6-16-10(12-8)7-15-9-3-1-2-4-9/h6,9H,1-5,7H2,(H,13,14). The minimum atomic E-state index is -0.805.